The van der Waals surface area contributed by atoms with Crippen LogP contribution in [0.5, 0.6) is 0 Å². The standard InChI is InChI=1S/C17H18BrClN4O3S/c18-13-3-1-4-14(11-13)27(25,26)23-9-7-22(8-10-23)12-16(24)21-15-5-2-6-20-17(15)19/h1-6,11H,7-10,12H2,(H,21,24). The number of pyridine rings is 1. The number of nitrogens with zero attached hydrogens (tertiary/aromatic N) is 3. The van der Waals surface area contributed by atoms with Crippen LogP contribution in [0.25, 0.3) is 0 Å². The Hall–Kier alpha value is -1.52. The number of carbonyl (C=O) groups is 1. The summed E-state index contributed by atoms with van der Waals surface area (Å²) < 4.78 is 27.6. The minimum absolute atomic E-state index is 0.163. The van der Waals surface area contributed by atoms with Crippen LogP contribution in [-0.4, -0.2) is 61.2 Å². The van der Waals surface area contributed by atoms with Crippen molar-refractivity contribution in [1.82, 2.24) is 14.2 Å². The smallest absolute Gasteiger partial charge is 0.243 e. The van der Waals surface area contributed by atoms with Gasteiger partial charge >= 0.3 is 0 Å². The molecule has 1 fully saturated rings. The Labute approximate surface area is 171 Å². The van der Waals surface area contributed by atoms with E-state index in [1.54, 1.807) is 42.6 Å². The first-order valence-corrected chi connectivity index (χ1v) is 10.9. The molecule has 27 heavy (non-hydrogen) atoms. The molecule has 1 saturated heterocycles. The number of anilines is 1. The molecule has 0 saturated carbocycles. The van der Waals surface area contributed by atoms with Gasteiger partial charge in [0.25, 0.3) is 0 Å². The fourth-order valence-electron chi connectivity index (χ4n) is 2.78. The SMILES string of the molecule is O=C(CN1CCN(S(=O)(=O)c2cccc(Br)c2)CC1)Nc1cccnc1Cl. The molecular formula is C17H18BrClN4O3S. The van der Waals surface area contributed by atoms with E-state index >= 15 is 0 Å². The van der Waals surface area contributed by atoms with Crippen molar-refractivity contribution < 1.29 is 13.2 Å². The van der Waals surface area contributed by atoms with Crippen LogP contribution in [0, 0.1) is 0 Å². The minimum atomic E-state index is -3.54. The summed E-state index contributed by atoms with van der Waals surface area (Å²) in [6.07, 6.45) is 1.54. The highest BCUT2D eigenvalue weighted by atomic mass is 79.9. The molecule has 2 aromatic rings. The third kappa shape index (κ3) is 5.05. The summed E-state index contributed by atoms with van der Waals surface area (Å²) in [5.74, 6) is -0.215. The normalized spacial score (nSPS) is 16.2. The van der Waals surface area contributed by atoms with Crippen molar-refractivity contribution in [2.45, 2.75) is 4.90 Å². The molecular weight excluding hydrogens is 456 g/mol. The fourth-order valence-corrected chi connectivity index (χ4v) is 4.96. The zero-order valence-electron chi connectivity index (χ0n) is 14.3. The van der Waals surface area contributed by atoms with Gasteiger partial charge in [0.1, 0.15) is 0 Å². The first-order chi connectivity index (χ1) is 12.9. The number of aromatic nitrogens is 1. The molecule has 0 aliphatic carbocycles. The second-order valence-corrected chi connectivity index (χ2v) is 9.24. The summed E-state index contributed by atoms with van der Waals surface area (Å²) in [6, 6.07) is 10.0. The lowest BCUT2D eigenvalue weighted by molar-refractivity contribution is -0.117. The first kappa shape index (κ1) is 20.2. The number of hydrogen-bond donors (Lipinski definition) is 1. The number of halogens is 2. The van der Waals surface area contributed by atoms with E-state index < -0.39 is 10.0 Å². The molecule has 1 N–H and O–H groups in total. The molecule has 3 rings (SSSR count). The van der Waals surface area contributed by atoms with Crippen molar-refractivity contribution in [3.8, 4) is 0 Å². The lowest BCUT2D eigenvalue weighted by atomic mass is 10.3. The highest BCUT2D eigenvalue weighted by Crippen LogP contribution is 2.21. The Bertz CT molecular complexity index is 933. The number of carbonyl (C=O) groups excluding carboxylic acids is 1. The summed E-state index contributed by atoms with van der Waals surface area (Å²) >= 11 is 9.23. The molecule has 0 bridgehead atoms. The monoisotopic (exact) mass is 472 g/mol. The van der Waals surface area contributed by atoms with Crippen LogP contribution in [0.4, 0.5) is 5.69 Å². The summed E-state index contributed by atoms with van der Waals surface area (Å²) in [5, 5.41) is 2.95. The van der Waals surface area contributed by atoms with Crippen molar-refractivity contribution >= 4 is 49.1 Å². The number of nitrogens with one attached hydrogen (secondary N) is 1. The van der Waals surface area contributed by atoms with Gasteiger partial charge < -0.3 is 5.32 Å². The maximum atomic E-state index is 12.7. The lowest BCUT2D eigenvalue weighted by Crippen LogP contribution is -2.50. The van der Waals surface area contributed by atoms with Crippen molar-refractivity contribution in [1.29, 1.82) is 0 Å². The third-order valence-corrected chi connectivity index (χ3v) is 6.85. The molecule has 0 radical (unpaired) electrons. The maximum absolute atomic E-state index is 12.7. The zero-order valence-corrected chi connectivity index (χ0v) is 17.5. The van der Waals surface area contributed by atoms with Gasteiger partial charge in [-0.1, -0.05) is 33.6 Å². The van der Waals surface area contributed by atoms with Gasteiger partial charge in [0, 0.05) is 36.8 Å². The van der Waals surface area contributed by atoms with Crippen LogP contribution < -0.4 is 5.32 Å². The second kappa shape index (κ2) is 8.66. The fraction of sp³-hybridized carbons (Fsp3) is 0.294. The molecule has 10 heteroatoms. The Morgan fingerprint density at radius 1 is 1.19 bits per heavy atom. The van der Waals surface area contributed by atoms with E-state index in [1.165, 1.54) is 4.31 Å². The van der Waals surface area contributed by atoms with E-state index in [2.05, 4.69) is 26.2 Å². The summed E-state index contributed by atoms with van der Waals surface area (Å²) in [6.45, 7) is 1.77. The highest BCUT2D eigenvalue weighted by molar-refractivity contribution is 9.10. The third-order valence-electron chi connectivity index (χ3n) is 4.17. The predicted molar refractivity (Wildman–Crippen MR) is 107 cm³/mol. The first-order valence-electron chi connectivity index (χ1n) is 8.25. The molecule has 1 aromatic carbocycles. The van der Waals surface area contributed by atoms with Crippen LogP contribution in [0.2, 0.25) is 5.15 Å². The molecule has 0 unspecified atom stereocenters. The quantitative estimate of drug-likeness (QED) is 0.675. The van der Waals surface area contributed by atoms with Crippen LogP contribution in [0.3, 0.4) is 0 Å². The van der Waals surface area contributed by atoms with E-state index in [4.69, 9.17) is 11.6 Å². The molecule has 7 nitrogen and oxygen atoms in total. The molecule has 2 heterocycles. The Morgan fingerprint density at radius 2 is 1.93 bits per heavy atom. The maximum Gasteiger partial charge on any atom is 0.243 e. The van der Waals surface area contributed by atoms with Gasteiger partial charge in [-0.2, -0.15) is 4.31 Å². The molecule has 0 spiro atoms. The number of rotatable bonds is 5. The Balaban J connectivity index is 1.56. The number of hydrogen-bond acceptors (Lipinski definition) is 5. The summed E-state index contributed by atoms with van der Waals surface area (Å²) in [4.78, 5) is 18.3. The van der Waals surface area contributed by atoms with Gasteiger partial charge in [-0.3, -0.25) is 9.69 Å². The zero-order chi connectivity index (χ0) is 19.4. The van der Waals surface area contributed by atoms with Crippen LogP contribution in [0.1, 0.15) is 0 Å². The van der Waals surface area contributed by atoms with E-state index in [-0.39, 0.29) is 22.5 Å². The topological polar surface area (TPSA) is 82.6 Å². The highest BCUT2D eigenvalue weighted by Gasteiger charge is 2.29. The molecule has 0 atom stereocenters. The molecule has 144 valence electrons. The predicted octanol–water partition coefficient (Wildman–Crippen LogP) is 2.44. The average Bonchev–Trinajstić information content (AvgIpc) is 2.64. The van der Waals surface area contributed by atoms with Gasteiger partial charge in [0.05, 0.1) is 17.1 Å². The number of piperazine rings is 1. The Kier molecular flexibility index (Phi) is 6.48. The van der Waals surface area contributed by atoms with Crippen molar-refractivity contribution in [2.24, 2.45) is 0 Å². The van der Waals surface area contributed by atoms with Crippen LogP contribution >= 0.6 is 27.5 Å². The van der Waals surface area contributed by atoms with Gasteiger partial charge in [-0.25, -0.2) is 13.4 Å². The minimum Gasteiger partial charge on any atom is -0.322 e. The van der Waals surface area contributed by atoms with Crippen LogP contribution in [0.15, 0.2) is 52.0 Å². The lowest BCUT2D eigenvalue weighted by Gasteiger charge is -2.33. The Morgan fingerprint density at radius 3 is 2.59 bits per heavy atom. The molecule has 1 amide bonds. The van der Waals surface area contributed by atoms with Crippen molar-refractivity contribution in [3.63, 3.8) is 0 Å². The van der Waals surface area contributed by atoms with E-state index in [0.29, 0.717) is 36.3 Å². The molecule has 1 aromatic heterocycles. The van der Waals surface area contributed by atoms with E-state index in [0.717, 1.165) is 0 Å². The number of amides is 1. The van der Waals surface area contributed by atoms with Crippen molar-refractivity contribution in [3.05, 3.63) is 52.2 Å². The van der Waals surface area contributed by atoms with Gasteiger partial charge in [0.15, 0.2) is 5.15 Å². The average molecular weight is 474 g/mol. The molecule has 1 aliphatic heterocycles. The summed E-state index contributed by atoms with van der Waals surface area (Å²) in [5.41, 5.74) is 0.458. The summed E-state index contributed by atoms with van der Waals surface area (Å²) in [7, 11) is -3.54. The van der Waals surface area contributed by atoms with E-state index in [1.807, 2.05) is 4.90 Å². The van der Waals surface area contributed by atoms with Crippen molar-refractivity contribution in [2.75, 3.05) is 38.0 Å². The molecule has 1 aliphatic rings. The largest absolute Gasteiger partial charge is 0.322 e. The number of benzene rings is 1. The van der Waals surface area contributed by atoms with Gasteiger partial charge in [-0.15, -0.1) is 0 Å². The van der Waals surface area contributed by atoms with E-state index in [9.17, 15) is 13.2 Å². The van der Waals surface area contributed by atoms with Gasteiger partial charge in [0.2, 0.25) is 15.9 Å². The van der Waals surface area contributed by atoms with Gasteiger partial charge in [-0.05, 0) is 30.3 Å². The number of sulfonamides is 1. The second-order valence-electron chi connectivity index (χ2n) is 6.03. The van der Waals surface area contributed by atoms with Crippen LogP contribution in [-0.2, 0) is 14.8 Å².